The van der Waals surface area contributed by atoms with Crippen molar-refractivity contribution in [1.82, 2.24) is 4.90 Å². The summed E-state index contributed by atoms with van der Waals surface area (Å²) in [5, 5.41) is 3.80. The number of hydrogen-bond donors (Lipinski definition) is 0. The Bertz CT molecular complexity index is 866. The molecule has 0 saturated carbocycles. The Morgan fingerprint density at radius 1 is 0.731 bits per heavy atom. The zero-order chi connectivity index (χ0) is 18.0. The lowest BCUT2D eigenvalue weighted by Gasteiger charge is -2.33. The predicted molar refractivity (Wildman–Crippen MR) is 113 cm³/mol. The highest BCUT2D eigenvalue weighted by Gasteiger charge is 2.36. The summed E-state index contributed by atoms with van der Waals surface area (Å²) >= 11 is 0. The van der Waals surface area contributed by atoms with Crippen molar-refractivity contribution in [3.8, 4) is 0 Å². The normalized spacial score (nSPS) is 14.1. The topological polar surface area (TPSA) is 6.48 Å². The van der Waals surface area contributed by atoms with E-state index in [1.165, 1.54) is 15.9 Å². The van der Waals surface area contributed by atoms with Crippen LogP contribution in [0.1, 0.15) is 0 Å². The average Bonchev–Trinajstić information content (AvgIpc) is 3.15. The van der Waals surface area contributed by atoms with Crippen molar-refractivity contribution in [2.75, 3.05) is 11.9 Å². The van der Waals surface area contributed by atoms with Crippen LogP contribution in [0.15, 0.2) is 97.3 Å². The number of nitrogens with zero attached hydrogens (tertiary/aromatic N) is 2. The molecule has 0 bridgehead atoms. The molecule has 26 heavy (non-hydrogen) atoms. The Hall–Kier alpha value is -2.57. The van der Waals surface area contributed by atoms with E-state index in [1.807, 2.05) is 24.3 Å². The highest BCUT2D eigenvalue weighted by atomic mass is 31.2. The molecule has 0 aliphatic carbocycles. The third kappa shape index (κ3) is 2.91. The fraction of sp³-hybridized carbons (Fsp3) is 0.0435. The van der Waals surface area contributed by atoms with E-state index in [-0.39, 0.29) is 0 Å². The maximum Gasteiger partial charge on any atom is 0.212 e. The Morgan fingerprint density at radius 2 is 1.27 bits per heavy atom. The molecule has 3 aromatic rings. The molecule has 2 radical (unpaired) electrons. The smallest absolute Gasteiger partial charge is 0.212 e. The van der Waals surface area contributed by atoms with Crippen molar-refractivity contribution in [2.24, 2.45) is 0 Å². The first-order valence-electron chi connectivity index (χ1n) is 8.60. The molecule has 0 N–H and O–H groups in total. The van der Waals surface area contributed by atoms with Gasteiger partial charge in [-0.3, -0.25) is 0 Å². The van der Waals surface area contributed by atoms with E-state index in [1.54, 1.807) is 0 Å². The maximum absolute atomic E-state index is 4.85. The minimum atomic E-state index is -2.02. The summed E-state index contributed by atoms with van der Waals surface area (Å²) in [7, 11) is -0.0341. The fourth-order valence-electron chi connectivity index (χ4n) is 3.32. The molecule has 0 fully saturated rings. The molecular weight excluding hydrogens is 335 g/mol. The van der Waals surface area contributed by atoms with Crippen molar-refractivity contribution < 1.29 is 0 Å². The van der Waals surface area contributed by atoms with Crippen molar-refractivity contribution in [3.63, 3.8) is 0 Å². The first kappa shape index (κ1) is 16.9. The fourth-order valence-corrected chi connectivity index (χ4v) is 6.45. The number of para-hydroxylation sites is 1. The molecule has 0 spiro atoms. The molecule has 0 aromatic heterocycles. The van der Waals surface area contributed by atoms with E-state index >= 15 is 0 Å². The highest BCUT2D eigenvalue weighted by molar-refractivity contribution is 7.96. The SMILES string of the molecule is [CH2-][P+](c1ccccc1)(c1ccccc1)c1ccccc1N1[C]N(C)C=C1. The van der Waals surface area contributed by atoms with Crippen LogP contribution >= 0.6 is 7.26 Å². The van der Waals surface area contributed by atoms with Crippen LogP contribution in [-0.2, 0) is 0 Å². The van der Waals surface area contributed by atoms with E-state index in [4.69, 9.17) is 6.66 Å². The van der Waals surface area contributed by atoms with Crippen LogP contribution in [0.3, 0.4) is 0 Å². The highest BCUT2D eigenvalue weighted by Crippen LogP contribution is 2.55. The van der Waals surface area contributed by atoms with Gasteiger partial charge >= 0.3 is 0 Å². The van der Waals surface area contributed by atoms with Gasteiger partial charge in [0.25, 0.3) is 0 Å². The van der Waals surface area contributed by atoms with Crippen molar-refractivity contribution in [1.29, 1.82) is 0 Å². The van der Waals surface area contributed by atoms with E-state index < -0.39 is 7.26 Å². The van der Waals surface area contributed by atoms with E-state index in [0.717, 1.165) is 5.69 Å². The summed E-state index contributed by atoms with van der Waals surface area (Å²) < 4.78 is 0. The van der Waals surface area contributed by atoms with Crippen LogP contribution < -0.4 is 20.8 Å². The number of hydrogen-bond acceptors (Lipinski definition) is 2. The van der Waals surface area contributed by atoms with Gasteiger partial charge in [0.05, 0.1) is 21.6 Å². The molecule has 0 amide bonds. The third-order valence-corrected chi connectivity index (χ3v) is 8.21. The predicted octanol–water partition coefficient (Wildman–Crippen LogP) is 3.99. The van der Waals surface area contributed by atoms with Gasteiger partial charge in [0.1, 0.15) is 0 Å². The molecule has 4 rings (SSSR count). The molecule has 0 saturated heterocycles. The van der Waals surface area contributed by atoms with Crippen molar-refractivity contribution in [2.45, 2.75) is 0 Å². The van der Waals surface area contributed by atoms with Gasteiger partial charge in [-0.2, -0.15) is 6.66 Å². The maximum atomic E-state index is 4.85. The van der Waals surface area contributed by atoms with Gasteiger partial charge in [0, 0.05) is 19.4 Å². The second-order valence-electron chi connectivity index (χ2n) is 6.35. The van der Waals surface area contributed by atoms with Gasteiger partial charge in [-0.25, -0.2) is 0 Å². The number of rotatable bonds is 4. The van der Waals surface area contributed by atoms with Crippen molar-refractivity contribution in [3.05, 3.63) is 111 Å². The zero-order valence-electron chi connectivity index (χ0n) is 14.8. The van der Waals surface area contributed by atoms with Gasteiger partial charge in [-0.1, -0.05) is 48.5 Å². The Kier molecular flexibility index (Phi) is 4.53. The lowest BCUT2D eigenvalue weighted by molar-refractivity contribution is 0.575. The summed E-state index contributed by atoms with van der Waals surface area (Å²) in [6.45, 7) is 8.18. The first-order valence-corrected chi connectivity index (χ1v) is 10.6. The summed E-state index contributed by atoms with van der Waals surface area (Å²) in [6.07, 6.45) is 4.05. The second-order valence-corrected chi connectivity index (χ2v) is 9.48. The van der Waals surface area contributed by atoms with E-state index in [9.17, 15) is 0 Å². The molecule has 0 atom stereocenters. The quantitative estimate of drug-likeness (QED) is 0.515. The lowest BCUT2D eigenvalue weighted by atomic mass is 10.3. The minimum absolute atomic E-state index is 1.13. The molecule has 2 nitrogen and oxygen atoms in total. The summed E-state index contributed by atoms with van der Waals surface area (Å²) in [5.74, 6) is 0. The first-order chi connectivity index (χ1) is 12.7. The summed E-state index contributed by atoms with van der Waals surface area (Å²) in [4.78, 5) is 3.99. The molecule has 0 unspecified atom stereocenters. The van der Waals surface area contributed by atoms with Gasteiger partial charge in [0.15, 0.2) is 0 Å². The van der Waals surface area contributed by atoms with Crippen LogP contribution in [0.5, 0.6) is 0 Å². The van der Waals surface area contributed by atoms with Crippen LogP contribution in [0.2, 0.25) is 0 Å². The van der Waals surface area contributed by atoms with Crippen LogP contribution in [0.25, 0.3) is 0 Å². The molecular formula is C23H21N2P. The molecule has 1 aliphatic rings. The van der Waals surface area contributed by atoms with Gasteiger partial charge in [0.2, 0.25) is 6.67 Å². The van der Waals surface area contributed by atoms with E-state index in [0.29, 0.717) is 0 Å². The number of benzene rings is 3. The Morgan fingerprint density at radius 3 is 1.81 bits per heavy atom. The lowest BCUT2D eigenvalue weighted by Crippen LogP contribution is -2.32. The molecule has 128 valence electrons. The van der Waals surface area contributed by atoms with Gasteiger partial charge in [-0.05, 0) is 43.7 Å². The molecule has 3 aromatic carbocycles. The van der Waals surface area contributed by atoms with Crippen LogP contribution in [-0.4, -0.2) is 11.9 Å². The number of anilines is 1. The monoisotopic (exact) mass is 356 g/mol. The summed E-state index contributed by atoms with van der Waals surface area (Å²) in [6, 6.07) is 29.9. The zero-order valence-corrected chi connectivity index (χ0v) is 15.7. The molecule has 3 heteroatoms. The average molecular weight is 356 g/mol. The van der Waals surface area contributed by atoms with Crippen LogP contribution in [0, 0.1) is 13.3 Å². The second kappa shape index (κ2) is 6.97. The molecule has 1 heterocycles. The molecule has 1 aliphatic heterocycles. The largest absolute Gasteiger partial charge is 0.349 e. The van der Waals surface area contributed by atoms with Crippen molar-refractivity contribution >= 4 is 28.9 Å². The minimum Gasteiger partial charge on any atom is -0.349 e. The standard InChI is InChI=1S/C23H21N2P/c1-24-17-18-25(19-24)22-15-9-10-16-23(22)26(2,20-11-5-3-6-12-20)21-13-7-4-8-14-21/h3-18H,2H2,1H3. The summed E-state index contributed by atoms with van der Waals surface area (Å²) in [5.41, 5.74) is 1.13. The Balaban J connectivity index is 1.93. The van der Waals surface area contributed by atoms with Gasteiger partial charge < -0.3 is 9.80 Å². The van der Waals surface area contributed by atoms with E-state index in [2.05, 4.69) is 96.5 Å². The Labute approximate surface area is 156 Å². The van der Waals surface area contributed by atoms with Crippen LogP contribution in [0.4, 0.5) is 5.69 Å². The third-order valence-electron chi connectivity index (χ3n) is 4.65. The van der Waals surface area contributed by atoms with Gasteiger partial charge in [-0.15, -0.1) is 0 Å².